The van der Waals surface area contributed by atoms with Crippen LogP contribution in [0.25, 0.3) is 0 Å². The maximum Gasteiger partial charge on any atom is 0.321 e. The molecule has 1 aromatic carbocycles. The number of esters is 2. The van der Waals surface area contributed by atoms with E-state index >= 15 is 0 Å². The van der Waals surface area contributed by atoms with E-state index in [1.165, 1.54) is 0 Å². The first-order chi connectivity index (χ1) is 11.6. The van der Waals surface area contributed by atoms with Crippen molar-refractivity contribution in [2.45, 2.75) is 32.8 Å². The Morgan fingerprint density at radius 2 is 1.88 bits per heavy atom. The fourth-order valence-corrected chi connectivity index (χ4v) is 2.34. The van der Waals surface area contributed by atoms with Gasteiger partial charge in [-0.2, -0.15) is 0 Å². The highest BCUT2D eigenvalue weighted by molar-refractivity contribution is 5.96. The maximum absolute atomic E-state index is 12.4. The largest absolute Gasteiger partial charge is 0.459 e. The molecule has 0 spiro atoms. The molecule has 2 N–H and O–H groups in total. The zero-order chi connectivity index (χ0) is 19.2. The first kappa shape index (κ1) is 20.6. The average Bonchev–Trinajstić information content (AvgIpc) is 2.50. The smallest absolute Gasteiger partial charge is 0.321 e. The number of carbonyl (C=O) groups is 3. The molecule has 1 unspecified atom stereocenters. The Bertz CT molecular complexity index is 635. The van der Waals surface area contributed by atoms with Crippen LogP contribution < -0.4 is 10.6 Å². The quantitative estimate of drug-likeness (QED) is 0.344. The molecule has 0 saturated carbocycles. The van der Waals surface area contributed by atoms with Crippen molar-refractivity contribution in [2.24, 2.45) is 11.7 Å². The van der Waals surface area contributed by atoms with Gasteiger partial charge >= 0.3 is 11.9 Å². The van der Waals surface area contributed by atoms with Gasteiger partial charge in [-0.25, -0.2) is 0 Å². The van der Waals surface area contributed by atoms with E-state index in [0.29, 0.717) is 23.1 Å². The summed E-state index contributed by atoms with van der Waals surface area (Å²) in [5, 5.41) is 0. The van der Waals surface area contributed by atoms with E-state index in [2.05, 4.69) is 0 Å². The summed E-state index contributed by atoms with van der Waals surface area (Å²) in [6.07, 6.45) is 0.703. The molecule has 0 fully saturated rings. The average molecular weight is 350 g/mol. The van der Waals surface area contributed by atoms with Gasteiger partial charge in [0.1, 0.15) is 12.3 Å². The molecule has 0 radical (unpaired) electrons. The van der Waals surface area contributed by atoms with Gasteiger partial charge in [-0.1, -0.05) is 12.1 Å². The minimum atomic E-state index is -1.20. The lowest BCUT2D eigenvalue weighted by molar-refractivity contribution is -0.169. The van der Waals surface area contributed by atoms with Crippen LogP contribution in [0.3, 0.4) is 0 Å². The summed E-state index contributed by atoms with van der Waals surface area (Å²) in [5.74, 6) is -2.68. The number of hydrogen-bond acceptors (Lipinski definition) is 7. The van der Waals surface area contributed by atoms with Crippen LogP contribution in [0.15, 0.2) is 18.2 Å². The van der Waals surface area contributed by atoms with Crippen LogP contribution in [-0.2, 0) is 25.5 Å². The van der Waals surface area contributed by atoms with Crippen molar-refractivity contribution < 1.29 is 23.9 Å². The van der Waals surface area contributed by atoms with Gasteiger partial charge in [0.2, 0.25) is 0 Å². The molecule has 1 rings (SSSR count). The fraction of sp³-hybridized carbons (Fsp3) is 0.500. The predicted molar refractivity (Wildman–Crippen MR) is 94.3 cm³/mol. The summed E-state index contributed by atoms with van der Waals surface area (Å²) >= 11 is 0. The number of hydrogen-bond donors (Lipinski definition) is 1. The number of anilines is 1. The van der Waals surface area contributed by atoms with Gasteiger partial charge < -0.3 is 14.4 Å². The molecule has 0 bridgehead atoms. The molecule has 0 saturated heterocycles. The first-order valence-electron chi connectivity index (χ1n) is 7.94. The van der Waals surface area contributed by atoms with E-state index in [4.69, 9.17) is 15.2 Å². The molecule has 7 heteroatoms. The Kier molecular flexibility index (Phi) is 7.11. The molecular formula is C18H26N2O5. The van der Waals surface area contributed by atoms with Gasteiger partial charge in [0.15, 0.2) is 12.2 Å². The molecular weight excluding hydrogens is 324 g/mol. The van der Waals surface area contributed by atoms with Gasteiger partial charge in [0, 0.05) is 25.3 Å². The zero-order valence-corrected chi connectivity index (χ0v) is 15.4. The molecule has 138 valence electrons. The minimum Gasteiger partial charge on any atom is -0.459 e. The molecule has 0 heterocycles. The van der Waals surface area contributed by atoms with Crippen LogP contribution >= 0.6 is 0 Å². The monoisotopic (exact) mass is 350 g/mol. The maximum atomic E-state index is 12.4. The highest BCUT2D eigenvalue weighted by Crippen LogP contribution is 2.24. The number of nitrogens with two attached hydrogens (primary N) is 1. The molecule has 0 aliphatic carbocycles. The third kappa shape index (κ3) is 5.86. The molecule has 0 aromatic heterocycles. The SMILES string of the molecule is CN(C)c1cccc(CC(C(=O)OCN)C(=O)OC(C)(C)C)c1C=O. The molecule has 1 aromatic rings. The summed E-state index contributed by atoms with van der Waals surface area (Å²) in [7, 11) is 3.61. The van der Waals surface area contributed by atoms with Crippen molar-refractivity contribution in [3.63, 3.8) is 0 Å². The second kappa shape index (κ2) is 8.62. The minimum absolute atomic E-state index is 0.0104. The van der Waals surface area contributed by atoms with Crippen LogP contribution in [0.2, 0.25) is 0 Å². The summed E-state index contributed by atoms with van der Waals surface area (Å²) in [5.41, 5.74) is 6.17. The third-order valence-electron chi connectivity index (χ3n) is 3.40. The highest BCUT2D eigenvalue weighted by atomic mass is 16.6. The van der Waals surface area contributed by atoms with Crippen molar-refractivity contribution >= 4 is 23.9 Å². The number of nitrogens with zero attached hydrogens (tertiary/aromatic N) is 1. The Balaban J connectivity index is 3.22. The van der Waals surface area contributed by atoms with Crippen molar-refractivity contribution in [3.8, 4) is 0 Å². The van der Waals surface area contributed by atoms with E-state index in [1.54, 1.807) is 58.0 Å². The van der Waals surface area contributed by atoms with Crippen molar-refractivity contribution in [1.82, 2.24) is 0 Å². The first-order valence-corrected chi connectivity index (χ1v) is 7.94. The molecule has 25 heavy (non-hydrogen) atoms. The van der Waals surface area contributed by atoms with Gasteiger partial charge in [0.25, 0.3) is 0 Å². The second-order valence-electron chi connectivity index (χ2n) is 6.78. The lowest BCUT2D eigenvalue weighted by atomic mass is 9.94. The Morgan fingerprint density at radius 3 is 2.36 bits per heavy atom. The number of ether oxygens (including phenoxy) is 2. The van der Waals surface area contributed by atoms with E-state index in [0.717, 1.165) is 0 Å². The highest BCUT2D eigenvalue weighted by Gasteiger charge is 2.33. The van der Waals surface area contributed by atoms with Crippen LogP contribution in [0.4, 0.5) is 5.69 Å². The zero-order valence-electron chi connectivity index (χ0n) is 15.4. The third-order valence-corrected chi connectivity index (χ3v) is 3.40. The van der Waals surface area contributed by atoms with Crippen LogP contribution in [0.5, 0.6) is 0 Å². The van der Waals surface area contributed by atoms with Crippen LogP contribution in [-0.4, -0.2) is 44.7 Å². The summed E-state index contributed by atoms with van der Waals surface area (Å²) in [6, 6.07) is 5.25. The summed E-state index contributed by atoms with van der Waals surface area (Å²) in [4.78, 5) is 38.0. The van der Waals surface area contributed by atoms with Crippen molar-refractivity contribution in [1.29, 1.82) is 0 Å². The topological polar surface area (TPSA) is 98.9 Å². The van der Waals surface area contributed by atoms with Gasteiger partial charge in [0.05, 0.1) is 0 Å². The molecule has 0 amide bonds. The van der Waals surface area contributed by atoms with Gasteiger partial charge in [-0.05, 0) is 38.8 Å². The molecule has 0 aliphatic rings. The Labute approximate surface area is 148 Å². The Hall–Kier alpha value is -2.41. The molecule has 1 atom stereocenters. The summed E-state index contributed by atoms with van der Waals surface area (Å²) in [6.45, 7) is 4.79. The normalized spacial score (nSPS) is 12.2. The van der Waals surface area contributed by atoms with Gasteiger partial charge in [-0.15, -0.1) is 0 Å². The number of carbonyl (C=O) groups excluding carboxylic acids is 3. The summed E-state index contributed by atoms with van der Waals surface area (Å²) < 4.78 is 10.1. The van der Waals surface area contributed by atoms with E-state index in [-0.39, 0.29) is 13.2 Å². The Morgan fingerprint density at radius 1 is 1.24 bits per heavy atom. The number of benzene rings is 1. The molecule has 0 aliphatic heterocycles. The van der Waals surface area contributed by atoms with Crippen molar-refractivity contribution in [2.75, 3.05) is 25.7 Å². The van der Waals surface area contributed by atoms with Crippen LogP contribution in [0, 0.1) is 5.92 Å². The van der Waals surface area contributed by atoms with Crippen LogP contribution in [0.1, 0.15) is 36.7 Å². The standard InChI is InChI=1S/C18H26N2O5/c1-18(2,3)25-17(23)13(16(22)24-11-19)9-12-7-6-8-15(20(4)5)14(12)10-21/h6-8,10,13H,9,11,19H2,1-5H3. The van der Waals surface area contributed by atoms with E-state index in [9.17, 15) is 14.4 Å². The number of rotatable bonds is 7. The lowest BCUT2D eigenvalue weighted by Gasteiger charge is -2.24. The van der Waals surface area contributed by atoms with Gasteiger partial charge in [-0.3, -0.25) is 20.1 Å². The van der Waals surface area contributed by atoms with E-state index in [1.807, 2.05) is 0 Å². The van der Waals surface area contributed by atoms with Crippen molar-refractivity contribution in [3.05, 3.63) is 29.3 Å². The lowest BCUT2D eigenvalue weighted by Crippen LogP contribution is -2.36. The van der Waals surface area contributed by atoms with E-state index < -0.39 is 23.5 Å². The second-order valence-corrected chi connectivity index (χ2v) is 6.78. The molecule has 7 nitrogen and oxygen atoms in total. The predicted octanol–water partition coefficient (Wildman–Crippen LogP) is 1.52. The number of aldehydes is 1. The fourth-order valence-electron chi connectivity index (χ4n) is 2.34.